The first-order chi connectivity index (χ1) is 3.45. The van der Waals surface area contributed by atoms with E-state index in [4.69, 9.17) is 4.74 Å². The van der Waals surface area contributed by atoms with Gasteiger partial charge in [-0.2, -0.15) is 0 Å². The lowest BCUT2D eigenvalue weighted by atomic mass is 10.1. The standard InChI is InChI=1S/C6H10O.ClH/c1-2-6-3-5(1)4-7-6;/h5-6H,1-4H2;1H. The second kappa shape index (κ2) is 2.24. The molecule has 8 heavy (non-hydrogen) atoms. The third-order valence-electron chi connectivity index (χ3n) is 2.06. The number of hydrogen-bond donors (Lipinski definition) is 0. The van der Waals surface area contributed by atoms with Crippen molar-refractivity contribution >= 4 is 12.4 Å². The molecule has 0 spiro atoms. The zero-order valence-electron chi connectivity index (χ0n) is 4.80. The zero-order chi connectivity index (χ0) is 4.69. The van der Waals surface area contributed by atoms with E-state index in [1.54, 1.807) is 0 Å². The molecular weight excluding hydrogens is 124 g/mol. The van der Waals surface area contributed by atoms with Crippen LogP contribution in [0.4, 0.5) is 0 Å². The van der Waals surface area contributed by atoms with Gasteiger partial charge in [0.1, 0.15) is 0 Å². The molecule has 0 aromatic rings. The molecule has 2 unspecified atom stereocenters. The van der Waals surface area contributed by atoms with Crippen LogP contribution in [-0.2, 0) is 4.74 Å². The van der Waals surface area contributed by atoms with E-state index in [1.165, 1.54) is 19.3 Å². The normalized spacial score (nSPS) is 42.0. The Labute approximate surface area is 55.8 Å². The topological polar surface area (TPSA) is 9.23 Å². The molecule has 2 bridgehead atoms. The van der Waals surface area contributed by atoms with Crippen molar-refractivity contribution in [2.75, 3.05) is 6.61 Å². The SMILES string of the molecule is C1CC2CC1CO2.Cl. The van der Waals surface area contributed by atoms with Gasteiger partial charge in [0.2, 0.25) is 0 Å². The molecule has 0 N–H and O–H groups in total. The summed E-state index contributed by atoms with van der Waals surface area (Å²) in [6.07, 6.45) is 4.81. The molecule has 2 atom stereocenters. The number of rotatable bonds is 0. The summed E-state index contributed by atoms with van der Waals surface area (Å²) < 4.78 is 5.35. The van der Waals surface area contributed by atoms with E-state index < -0.39 is 0 Å². The quantitative estimate of drug-likeness (QED) is 0.489. The molecule has 2 aliphatic rings. The van der Waals surface area contributed by atoms with E-state index in [0.717, 1.165) is 12.5 Å². The van der Waals surface area contributed by atoms with Gasteiger partial charge in [-0.15, -0.1) is 12.4 Å². The van der Waals surface area contributed by atoms with Gasteiger partial charge in [0.15, 0.2) is 0 Å². The number of hydrogen-bond acceptors (Lipinski definition) is 1. The summed E-state index contributed by atoms with van der Waals surface area (Å²) in [4.78, 5) is 0. The lowest BCUT2D eigenvalue weighted by Gasteiger charge is -2.07. The van der Waals surface area contributed by atoms with Gasteiger partial charge in [0.25, 0.3) is 0 Å². The lowest BCUT2D eigenvalue weighted by Crippen LogP contribution is -2.05. The second-order valence-electron chi connectivity index (χ2n) is 2.63. The Morgan fingerprint density at radius 3 is 2.25 bits per heavy atom. The molecule has 2 rings (SSSR count). The van der Waals surface area contributed by atoms with Crippen molar-refractivity contribution < 1.29 is 4.74 Å². The molecule has 48 valence electrons. The van der Waals surface area contributed by atoms with Gasteiger partial charge in [-0.3, -0.25) is 0 Å². The average Bonchev–Trinajstić information content (AvgIpc) is 2.22. The fourth-order valence-electron chi connectivity index (χ4n) is 1.60. The maximum Gasteiger partial charge on any atom is 0.0578 e. The van der Waals surface area contributed by atoms with Crippen LogP contribution >= 0.6 is 12.4 Å². The molecule has 1 saturated heterocycles. The Morgan fingerprint density at radius 1 is 1.25 bits per heavy atom. The molecule has 2 heteroatoms. The van der Waals surface area contributed by atoms with Crippen molar-refractivity contribution in [2.24, 2.45) is 5.92 Å². The molecule has 1 aliphatic carbocycles. The molecule has 0 aromatic heterocycles. The molecule has 1 nitrogen and oxygen atoms in total. The van der Waals surface area contributed by atoms with Crippen LogP contribution in [0.5, 0.6) is 0 Å². The minimum atomic E-state index is 0. The maximum absolute atomic E-state index is 5.35. The molecule has 1 aliphatic heterocycles. The fourth-order valence-corrected chi connectivity index (χ4v) is 1.60. The highest BCUT2D eigenvalue weighted by Gasteiger charge is 2.31. The highest BCUT2D eigenvalue weighted by molar-refractivity contribution is 5.85. The first-order valence-electron chi connectivity index (χ1n) is 3.07. The van der Waals surface area contributed by atoms with Crippen molar-refractivity contribution in [3.8, 4) is 0 Å². The van der Waals surface area contributed by atoms with Crippen LogP contribution in [-0.4, -0.2) is 12.7 Å². The Kier molecular flexibility index (Phi) is 1.78. The number of fused-ring (bicyclic) bond motifs is 2. The predicted molar refractivity (Wildman–Crippen MR) is 34.3 cm³/mol. The minimum Gasteiger partial charge on any atom is -0.378 e. The highest BCUT2D eigenvalue weighted by atomic mass is 35.5. The Balaban J connectivity index is 0.000000320. The van der Waals surface area contributed by atoms with Gasteiger partial charge in [0, 0.05) is 6.61 Å². The predicted octanol–water partition coefficient (Wildman–Crippen LogP) is 1.61. The van der Waals surface area contributed by atoms with Gasteiger partial charge < -0.3 is 4.74 Å². The van der Waals surface area contributed by atoms with E-state index in [0.29, 0.717) is 6.10 Å². The summed E-state index contributed by atoms with van der Waals surface area (Å²) in [5.74, 6) is 0.949. The van der Waals surface area contributed by atoms with E-state index in [1.807, 2.05) is 0 Å². The van der Waals surface area contributed by atoms with Crippen molar-refractivity contribution in [3.63, 3.8) is 0 Å². The summed E-state index contributed by atoms with van der Waals surface area (Å²) in [5, 5.41) is 0. The summed E-state index contributed by atoms with van der Waals surface area (Å²) >= 11 is 0. The van der Waals surface area contributed by atoms with E-state index in [2.05, 4.69) is 0 Å². The van der Waals surface area contributed by atoms with E-state index in [-0.39, 0.29) is 12.4 Å². The van der Waals surface area contributed by atoms with Crippen molar-refractivity contribution in [1.29, 1.82) is 0 Å². The average molecular weight is 135 g/mol. The Hall–Kier alpha value is 0.250. The van der Waals surface area contributed by atoms with Crippen LogP contribution in [0.25, 0.3) is 0 Å². The van der Waals surface area contributed by atoms with Gasteiger partial charge in [-0.25, -0.2) is 0 Å². The van der Waals surface area contributed by atoms with Gasteiger partial charge in [-0.05, 0) is 25.2 Å². The summed E-state index contributed by atoms with van der Waals surface area (Å²) in [5.41, 5.74) is 0. The van der Waals surface area contributed by atoms with E-state index in [9.17, 15) is 0 Å². The first-order valence-corrected chi connectivity index (χ1v) is 3.07. The Bertz CT molecular complexity index is 66.6. The highest BCUT2D eigenvalue weighted by Crippen LogP contribution is 2.34. The van der Waals surface area contributed by atoms with Gasteiger partial charge >= 0.3 is 0 Å². The smallest absolute Gasteiger partial charge is 0.0578 e. The summed E-state index contributed by atoms with van der Waals surface area (Å²) in [6.45, 7) is 1.06. The molecule has 0 amide bonds. The van der Waals surface area contributed by atoms with Crippen LogP contribution in [0.15, 0.2) is 0 Å². The van der Waals surface area contributed by atoms with Crippen molar-refractivity contribution in [3.05, 3.63) is 0 Å². The van der Waals surface area contributed by atoms with Crippen LogP contribution < -0.4 is 0 Å². The largest absolute Gasteiger partial charge is 0.378 e. The number of halogens is 1. The molecule has 1 heterocycles. The van der Waals surface area contributed by atoms with Crippen molar-refractivity contribution in [1.82, 2.24) is 0 Å². The van der Waals surface area contributed by atoms with Crippen LogP contribution in [0, 0.1) is 5.92 Å². The lowest BCUT2D eigenvalue weighted by molar-refractivity contribution is 0.0775. The maximum atomic E-state index is 5.35. The van der Waals surface area contributed by atoms with Gasteiger partial charge in [0.05, 0.1) is 6.10 Å². The van der Waals surface area contributed by atoms with Crippen molar-refractivity contribution in [2.45, 2.75) is 25.4 Å². The third kappa shape index (κ3) is 0.848. The van der Waals surface area contributed by atoms with Crippen LogP contribution in [0.1, 0.15) is 19.3 Å². The fraction of sp³-hybridized carbons (Fsp3) is 1.00. The van der Waals surface area contributed by atoms with E-state index >= 15 is 0 Å². The number of ether oxygens (including phenoxy) is 1. The first kappa shape index (κ1) is 6.37. The molecule has 2 fully saturated rings. The van der Waals surface area contributed by atoms with Crippen LogP contribution in [0.2, 0.25) is 0 Å². The third-order valence-corrected chi connectivity index (χ3v) is 2.06. The Morgan fingerprint density at radius 2 is 2.12 bits per heavy atom. The molecule has 0 aromatic carbocycles. The van der Waals surface area contributed by atoms with Gasteiger partial charge in [-0.1, -0.05) is 0 Å². The monoisotopic (exact) mass is 134 g/mol. The molecule has 1 saturated carbocycles. The van der Waals surface area contributed by atoms with Crippen LogP contribution in [0.3, 0.4) is 0 Å². The summed E-state index contributed by atoms with van der Waals surface area (Å²) in [7, 11) is 0. The summed E-state index contributed by atoms with van der Waals surface area (Å²) in [6, 6.07) is 0. The molecule has 0 radical (unpaired) electrons. The zero-order valence-corrected chi connectivity index (χ0v) is 5.62. The second-order valence-corrected chi connectivity index (χ2v) is 2.63. The minimum absolute atomic E-state index is 0. The molecular formula is C6H11ClO.